The third-order valence-corrected chi connectivity index (χ3v) is 3.71. The van der Waals surface area contributed by atoms with Gasteiger partial charge in [0.05, 0.1) is 5.69 Å². The minimum absolute atomic E-state index is 0.222. The molecule has 0 aliphatic heterocycles. The van der Waals surface area contributed by atoms with Crippen LogP contribution in [0.15, 0.2) is 11.6 Å². The molecule has 0 fully saturated rings. The van der Waals surface area contributed by atoms with E-state index in [-0.39, 0.29) is 6.61 Å². The monoisotopic (exact) mass is 268 g/mol. The van der Waals surface area contributed by atoms with Gasteiger partial charge in [-0.05, 0) is 20.4 Å². The second kappa shape index (κ2) is 6.17. The van der Waals surface area contributed by atoms with Gasteiger partial charge in [0, 0.05) is 37.8 Å². The van der Waals surface area contributed by atoms with Gasteiger partial charge in [0.2, 0.25) is 0 Å². The highest BCUT2D eigenvalue weighted by Gasteiger charge is 2.17. The van der Waals surface area contributed by atoms with E-state index in [4.69, 9.17) is 10.1 Å². The Labute approximate surface area is 111 Å². The number of hydrogen-bond acceptors (Lipinski definition) is 5. The van der Waals surface area contributed by atoms with Gasteiger partial charge in [-0.3, -0.25) is 4.40 Å². The highest BCUT2D eigenvalue weighted by molar-refractivity contribution is 7.15. The molecule has 2 rings (SSSR count). The standard InChI is InChI=1S/C12H20N4OS/c1-3-15(5-4-7-17)11-10(9-13-2)16-6-8-18-12(16)14-11/h6,8,13,17H,3-5,7,9H2,1-2H3. The van der Waals surface area contributed by atoms with Crippen molar-refractivity contribution in [2.75, 3.05) is 31.6 Å². The van der Waals surface area contributed by atoms with Crippen LogP contribution in [0.25, 0.3) is 4.96 Å². The SMILES string of the molecule is CCN(CCCO)c1nc2sccn2c1CNC. The summed E-state index contributed by atoms with van der Waals surface area (Å²) in [6, 6.07) is 0. The number of aliphatic hydroxyl groups is 1. The van der Waals surface area contributed by atoms with Crippen LogP contribution < -0.4 is 10.2 Å². The van der Waals surface area contributed by atoms with Crippen LogP contribution in [0.2, 0.25) is 0 Å². The number of imidazole rings is 1. The van der Waals surface area contributed by atoms with Crippen molar-refractivity contribution in [2.45, 2.75) is 19.9 Å². The summed E-state index contributed by atoms with van der Waals surface area (Å²) >= 11 is 1.65. The molecule has 100 valence electrons. The van der Waals surface area contributed by atoms with E-state index < -0.39 is 0 Å². The van der Waals surface area contributed by atoms with Crippen molar-refractivity contribution in [3.05, 3.63) is 17.3 Å². The van der Waals surface area contributed by atoms with Crippen LogP contribution in [0.5, 0.6) is 0 Å². The first-order valence-corrected chi connectivity index (χ1v) is 7.14. The van der Waals surface area contributed by atoms with Crippen LogP contribution in [0.3, 0.4) is 0 Å². The molecule has 0 spiro atoms. The predicted octanol–water partition coefficient (Wildman–Crippen LogP) is 1.32. The fraction of sp³-hybridized carbons (Fsp3) is 0.583. The lowest BCUT2D eigenvalue weighted by atomic mass is 10.3. The molecule has 0 aromatic carbocycles. The maximum atomic E-state index is 8.97. The molecule has 18 heavy (non-hydrogen) atoms. The predicted molar refractivity (Wildman–Crippen MR) is 75.4 cm³/mol. The van der Waals surface area contributed by atoms with Gasteiger partial charge in [0.1, 0.15) is 0 Å². The van der Waals surface area contributed by atoms with Gasteiger partial charge in [-0.15, -0.1) is 11.3 Å². The fourth-order valence-corrected chi connectivity index (χ4v) is 2.81. The lowest BCUT2D eigenvalue weighted by Gasteiger charge is -2.21. The Balaban J connectivity index is 2.34. The van der Waals surface area contributed by atoms with E-state index in [0.29, 0.717) is 0 Å². The van der Waals surface area contributed by atoms with E-state index in [1.54, 1.807) is 11.3 Å². The summed E-state index contributed by atoms with van der Waals surface area (Å²) in [5, 5.41) is 14.2. The fourth-order valence-electron chi connectivity index (χ4n) is 2.08. The molecule has 0 atom stereocenters. The minimum Gasteiger partial charge on any atom is -0.396 e. The number of nitrogens with one attached hydrogen (secondary N) is 1. The van der Waals surface area contributed by atoms with Crippen LogP contribution in [0, 0.1) is 0 Å². The third kappa shape index (κ3) is 2.50. The molecule has 2 N–H and O–H groups in total. The van der Waals surface area contributed by atoms with Gasteiger partial charge in [-0.2, -0.15) is 0 Å². The van der Waals surface area contributed by atoms with Crippen molar-refractivity contribution in [2.24, 2.45) is 0 Å². The molecule has 2 aromatic heterocycles. The Bertz CT molecular complexity index is 493. The normalized spacial score (nSPS) is 11.3. The van der Waals surface area contributed by atoms with Crippen LogP contribution in [0.4, 0.5) is 5.82 Å². The summed E-state index contributed by atoms with van der Waals surface area (Å²) in [6.07, 6.45) is 2.83. The topological polar surface area (TPSA) is 52.8 Å². The Hall–Kier alpha value is -1.11. The molecule has 6 heteroatoms. The lowest BCUT2D eigenvalue weighted by Crippen LogP contribution is -2.27. The number of nitrogens with zero attached hydrogens (tertiary/aromatic N) is 3. The molecule has 0 saturated heterocycles. The van der Waals surface area contributed by atoms with Gasteiger partial charge >= 0.3 is 0 Å². The largest absolute Gasteiger partial charge is 0.396 e. The highest BCUT2D eigenvalue weighted by atomic mass is 32.1. The molecule has 0 aliphatic rings. The molecular formula is C12H20N4OS. The first kappa shape index (κ1) is 13.3. The van der Waals surface area contributed by atoms with Crippen LogP contribution in [0.1, 0.15) is 19.0 Å². The molecule has 2 aromatic rings. The average Bonchev–Trinajstić information content (AvgIpc) is 2.94. The molecule has 0 saturated carbocycles. The zero-order valence-electron chi connectivity index (χ0n) is 10.9. The van der Waals surface area contributed by atoms with Gasteiger partial charge < -0.3 is 15.3 Å². The van der Waals surface area contributed by atoms with Crippen LogP contribution in [-0.4, -0.2) is 41.2 Å². The third-order valence-electron chi connectivity index (χ3n) is 2.95. The lowest BCUT2D eigenvalue weighted by molar-refractivity contribution is 0.289. The van der Waals surface area contributed by atoms with Crippen LogP contribution >= 0.6 is 11.3 Å². The summed E-state index contributed by atoms with van der Waals surface area (Å²) in [4.78, 5) is 7.95. The van der Waals surface area contributed by atoms with Crippen molar-refractivity contribution in [3.8, 4) is 0 Å². The molecule has 0 unspecified atom stereocenters. The first-order chi connectivity index (χ1) is 8.81. The van der Waals surface area contributed by atoms with E-state index in [9.17, 15) is 0 Å². The number of anilines is 1. The zero-order valence-corrected chi connectivity index (χ0v) is 11.7. The molecule has 0 aliphatic carbocycles. The number of hydrogen-bond donors (Lipinski definition) is 2. The van der Waals surface area contributed by atoms with Crippen molar-refractivity contribution >= 4 is 22.1 Å². The van der Waals surface area contributed by atoms with Gasteiger partial charge in [-0.25, -0.2) is 4.98 Å². The highest BCUT2D eigenvalue weighted by Crippen LogP contribution is 2.24. The maximum Gasteiger partial charge on any atom is 0.195 e. The molecular weight excluding hydrogens is 248 g/mol. The minimum atomic E-state index is 0.222. The van der Waals surface area contributed by atoms with Gasteiger partial charge in [0.25, 0.3) is 0 Å². The van der Waals surface area contributed by atoms with Crippen molar-refractivity contribution in [1.82, 2.24) is 14.7 Å². The zero-order chi connectivity index (χ0) is 13.0. The van der Waals surface area contributed by atoms with Crippen molar-refractivity contribution in [1.29, 1.82) is 0 Å². The first-order valence-electron chi connectivity index (χ1n) is 6.26. The molecule has 0 bridgehead atoms. The summed E-state index contributed by atoms with van der Waals surface area (Å²) in [5.41, 5.74) is 1.19. The van der Waals surface area contributed by atoms with Crippen LogP contribution in [-0.2, 0) is 6.54 Å². The van der Waals surface area contributed by atoms with Crippen molar-refractivity contribution in [3.63, 3.8) is 0 Å². The summed E-state index contributed by atoms with van der Waals surface area (Å²) in [5.74, 6) is 1.03. The Kier molecular flexibility index (Phi) is 4.57. The van der Waals surface area contributed by atoms with Crippen molar-refractivity contribution < 1.29 is 5.11 Å². The number of rotatable bonds is 7. The number of fused-ring (bicyclic) bond motifs is 1. The second-order valence-electron chi connectivity index (χ2n) is 4.12. The van der Waals surface area contributed by atoms with E-state index in [2.05, 4.69) is 33.1 Å². The number of thiazole rings is 1. The average molecular weight is 268 g/mol. The smallest absolute Gasteiger partial charge is 0.195 e. The van der Waals surface area contributed by atoms with Gasteiger partial charge in [-0.1, -0.05) is 0 Å². The Morgan fingerprint density at radius 1 is 1.56 bits per heavy atom. The van der Waals surface area contributed by atoms with E-state index in [1.807, 2.05) is 7.05 Å². The number of aliphatic hydroxyl groups excluding tert-OH is 1. The van der Waals surface area contributed by atoms with E-state index in [1.165, 1.54) is 5.69 Å². The van der Waals surface area contributed by atoms with E-state index >= 15 is 0 Å². The second-order valence-corrected chi connectivity index (χ2v) is 5.00. The summed E-state index contributed by atoms with van der Waals surface area (Å²) in [7, 11) is 1.94. The maximum absolute atomic E-state index is 8.97. The van der Waals surface area contributed by atoms with E-state index in [0.717, 1.165) is 36.8 Å². The molecule has 2 heterocycles. The number of aromatic nitrogens is 2. The Morgan fingerprint density at radius 3 is 3.06 bits per heavy atom. The molecule has 0 amide bonds. The molecule has 0 radical (unpaired) electrons. The molecule has 5 nitrogen and oxygen atoms in total. The Morgan fingerprint density at radius 2 is 2.39 bits per heavy atom. The summed E-state index contributed by atoms with van der Waals surface area (Å²) < 4.78 is 2.14. The van der Waals surface area contributed by atoms with Gasteiger partial charge in [0.15, 0.2) is 10.8 Å². The summed E-state index contributed by atoms with van der Waals surface area (Å²) in [6.45, 7) is 4.88. The quantitative estimate of drug-likeness (QED) is 0.795.